The third-order valence-electron chi connectivity index (χ3n) is 10.3. The van der Waals surface area contributed by atoms with Crippen LogP contribution in [0.25, 0.3) is 0 Å². The Balaban J connectivity index is 1.75. The molecule has 0 amide bonds. The third kappa shape index (κ3) is 8.51. The molecule has 38 heavy (non-hydrogen) atoms. The summed E-state index contributed by atoms with van der Waals surface area (Å²) >= 11 is 0. The van der Waals surface area contributed by atoms with Crippen molar-refractivity contribution in [1.29, 1.82) is 0 Å². The molecule has 0 aromatic heterocycles. The van der Waals surface area contributed by atoms with Crippen molar-refractivity contribution in [3.63, 3.8) is 0 Å². The van der Waals surface area contributed by atoms with Crippen LogP contribution in [0.4, 0.5) is 4.39 Å². The molecule has 5 atom stereocenters. The summed E-state index contributed by atoms with van der Waals surface area (Å²) in [5.41, 5.74) is 2.15. The third-order valence-corrected chi connectivity index (χ3v) is 10.3. The maximum absolute atomic E-state index is 14.3. The highest BCUT2D eigenvalue weighted by atomic mass is 19.1. The molecule has 0 aromatic rings. The lowest BCUT2D eigenvalue weighted by atomic mass is 9.60. The smallest absolute Gasteiger partial charge is 0.127 e. The molecule has 0 heterocycles. The summed E-state index contributed by atoms with van der Waals surface area (Å²) < 4.78 is 14.3. The fourth-order valence-corrected chi connectivity index (χ4v) is 7.93. The van der Waals surface area contributed by atoms with Gasteiger partial charge in [0.25, 0.3) is 0 Å². The highest BCUT2D eigenvalue weighted by Gasteiger charge is 2.50. The Bertz CT molecular complexity index is 853. The minimum Gasteiger partial charge on any atom is -0.393 e. The van der Waals surface area contributed by atoms with Gasteiger partial charge in [0.1, 0.15) is 6.17 Å². The largest absolute Gasteiger partial charge is 0.393 e. The van der Waals surface area contributed by atoms with Gasteiger partial charge in [-0.25, -0.2) is 4.39 Å². The molecule has 3 aliphatic rings. The fourth-order valence-electron chi connectivity index (χ4n) is 7.93. The van der Waals surface area contributed by atoms with Crippen LogP contribution in [0.15, 0.2) is 35.5 Å². The Kier molecular flexibility index (Phi) is 10.2. The second kappa shape index (κ2) is 12.3. The predicted molar refractivity (Wildman–Crippen MR) is 157 cm³/mol. The summed E-state index contributed by atoms with van der Waals surface area (Å²) in [6, 6.07) is 0. The number of hydrogen-bond donors (Lipinski definition) is 3. The van der Waals surface area contributed by atoms with Crippen LogP contribution in [0.5, 0.6) is 0 Å². The van der Waals surface area contributed by atoms with E-state index in [1.54, 1.807) is 0 Å². The summed E-state index contributed by atoms with van der Waals surface area (Å²) in [6.45, 7) is 16.6. The number of hydrogen-bond acceptors (Lipinski definition) is 3. The van der Waals surface area contributed by atoms with Crippen LogP contribution >= 0.6 is 0 Å². The van der Waals surface area contributed by atoms with Crippen LogP contribution in [0.1, 0.15) is 131 Å². The van der Waals surface area contributed by atoms with E-state index in [1.807, 2.05) is 27.7 Å². The molecule has 0 aliphatic heterocycles. The minimum atomic E-state index is -1.14. The normalized spacial score (nSPS) is 33.3. The SMILES string of the molecule is C=C1/C(=C\C=C2/CCC[C@]3(C)C(CC(C)(CCCC(C)(C)O)CCCC(C)(C)O)CCC23)C[C@@H](O)C[C@@H]1F. The zero-order valence-corrected chi connectivity index (χ0v) is 25.3. The molecule has 0 bridgehead atoms. The summed E-state index contributed by atoms with van der Waals surface area (Å²) in [5.74, 6) is 1.23. The number of halogens is 1. The van der Waals surface area contributed by atoms with Crippen molar-refractivity contribution in [3.8, 4) is 0 Å². The second-order valence-corrected chi connectivity index (χ2v) is 15.1. The zero-order chi connectivity index (χ0) is 28.4. The molecule has 0 spiro atoms. The monoisotopic (exact) mass is 532 g/mol. The van der Waals surface area contributed by atoms with Gasteiger partial charge < -0.3 is 15.3 Å². The first-order valence-corrected chi connectivity index (χ1v) is 15.4. The van der Waals surface area contributed by atoms with Gasteiger partial charge >= 0.3 is 0 Å². The number of allylic oxidation sites excluding steroid dienone is 4. The van der Waals surface area contributed by atoms with E-state index < -0.39 is 23.5 Å². The van der Waals surface area contributed by atoms with E-state index in [9.17, 15) is 19.7 Å². The molecule has 3 rings (SSSR count). The van der Waals surface area contributed by atoms with Crippen LogP contribution in [-0.4, -0.2) is 38.8 Å². The average Bonchev–Trinajstić information content (AvgIpc) is 3.09. The van der Waals surface area contributed by atoms with Crippen molar-refractivity contribution in [2.75, 3.05) is 0 Å². The van der Waals surface area contributed by atoms with E-state index in [4.69, 9.17) is 0 Å². The van der Waals surface area contributed by atoms with E-state index in [0.717, 1.165) is 50.5 Å². The fraction of sp³-hybridized carbons (Fsp3) is 0.824. The number of aliphatic hydroxyl groups is 3. The molecular weight excluding hydrogens is 475 g/mol. The van der Waals surface area contributed by atoms with Gasteiger partial charge in [0.05, 0.1) is 17.3 Å². The van der Waals surface area contributed by atoms with Crippen molar-refractivity contribution in [3.05, 3.63) is 35.5 Å². The number of aliphatic hydroxyl groups excluding tert-OH is 1. The van der Waals surface area contributed by atoms with E-state index in [0.29, 0.717) is 23.8 Å². The van der Waals surface area contributed by atoms with Crippen molar-refractivity contribution in [2.24, 2.45) is 22.7 Å². The van der Waals surface area contributed by atoms with Gasteiger partial charge in [-0.1, -0.05) is 51.0 Å². The van der Waals surface area contributed by atoms with Crippen LogP contribution in [-0.2, 0) is 0 Å². The Labute approximate surface area is 232 Å². The number of alkyl halides is 1. The van der Waals surface area contributed by atoms with Gasteiger partial charge in [0.2, 0.25) is 0 Å². The van der Waals surface area contributed by atoms with Gasteiger partial charge in [0, 0.05) is 6.42 Å². The van der Waals surface area contributed by atoms with Crippen LogP contribution in [0.3, 0.4) is 0 Å². The number of rotatable bonds is 11. The quantitative estimate of drug-likeness (QED) is 0.250. The lowest BCUT2D eigenvalue weighted by Gasteiger charge is -2.45. The molecular formula is C34H57FO3. The summed E-state index contributed by atoms with van der Waals surface area (Å²) in [4.78, 5) is 0. The van der Waals surface area contributed by atoms with Gasteiger partial charge in [-0.2, -0.15) is 0 Å². The standard InChI is InChI=1S/C34H57FO3/c1-24-26(21-28(36)22-30(24)35)13-12-25-11-8-20-34(7)27(14-15-29(25)34)23-33(6,18-9-16-31(2,3)37)19-10-17-32(4,5)38/h12-13,27-30,36-38H,1,8-11,14-23H2,2-7H3/b25-12+,26-13-/t27?,28-,29?,30+,34-/m1/s1. The summed E-state index contributed by atoms with van der Waals surface area (Å²) in [7, 11) is 0. The zero-order valence-electron chi connectivity index (χ0n) is 25.3. The highest BCUT2D eigenvalue weighted by molar-refractivity contribution is 5.38. The molecule has 3 nitrogen and oxygen atoms in total. The molecule has 3 saturated carbocycles. The number of fused-ring (bicyclic) bond motifs is 1. The van der Waals surface area contributed by atoms with Crippen LogP contribution in [0, 0.1) is 22.7 Å². The van der Waals surface area contributed by atoms with Crippen molar-refractivity contribution >= 4 is 0 Å². The van der Waals surface area contributed by atoms with E-state index in [1.165, 1.54) is 37.7 Å². The predicted octanol–water partition coefficient (Wildman–Crippen LogP) is 8.38. The Hall–Kier alpha value is -0.970. The first kappa shape index (κ1) is 31.6. The van der Waals surface area contributed by atoms with E-state index in [2.05, 4.69) is 32.6 Å². The lowest BCUT2D eigenvalue weighted by molar-refractivity contribution is 0.0453. The van der Waals surface area contributed by atoms with Gasteiger partial charge in [0.15, 0.2) is 0 Å². The van der Waals surface area contributed by atoms with Crippen molar-refractivity contribution in [1.82, 2.24) is 0 Å². The molecule has 0 saturated heterocycles. The highest BCUT2D eigenvalue weighted by Crippen LogP contribution is 2.60. The maximum Gasteiger partial charge on any atom is 0.127 e. The summed E-state index contributed by atoms with van der Waals surface area (Å²) in [6.07, 6.45) is 16.4. The Morgan fingerprint density at radius 3 is 2.16 bits per heavy atom. The molecule has 3 N–H and O–H groups in total. The molecule has 0 radical (unpaired) electrons. The lowest BCUT2D eigenvalue weighted by Crippen LogP contribution is -2.36. The Morgan fingerprint density at radius 2 is 1.58 bits per heavy atom. The molecule has 0 aromatic carbocycles. The summed E-state index contributed by atoms with van der Waals surface area (Å²) in [5, 5.41) is 30.7. The molecule has 3 aliphatic carbocycles. The van der Waals surface area contributed by atoms with Crippen LogP contribution < -0.4 is 0 Å². The average molecular weight is 533 g/mol. The molecule has 3 fully saturated rings. The first-order valence-electron chi connectivity index (χ1n) is 15.4. The van der Waals surface area contributed by atoms with E-state index >= 15 is 0 Å². The van der Waals surface area contributed by atoms with Gasteiger partial charge in [-0.05, 0) is 132 Å². The van der Waals surface area contributed by atoms with Crippen LogP contribution in [0.2, 0.25) is 0 Å². The molecule has 218 valence electrons. The molecule has 4 heteroatoms. The Morgan fingerprint density at radius 1 is 0.974 bits per heavy atom. The van der Waals surface area contributed by atoms with Gasteiger partial charge in [-0.3, -0.25) is 0 Å². The minimum absolute atomic E-state index is 0.166. The first-order chi connectivity index (χ1) is 17.5. The topological polar surface area (TPSA) is 60.7 Å². The van der Waals surface area contributed by atoms with Gasteiger partial charge in [-0.15, -0.1) is 0 Å². The van der Waals surface area contributed by atoms with Crippen molar-refractivity contribution in [2.45, 2.75) is 155 Å². The van der Waals surface area contributed by atoms with E-state index in [-0.39, 0.29) is 17.3 Å². The molecule has 2 unspecified atom stereocenters. The second-order valence-electron chi connectivity index (χ2n) is 15.1. The maximum atomic E-state index is 14.3. The van der Waals surface area contributed by atoms with Crippen molar-refractivity contribution < 1.29 is 19.7 Å².